The number of urea groups is 1. The zero-order chi connectivity index (χ0) is 14.5. The van der Waals surface area contributed by atoms with Crippen LogP contribution in [0.2, 0.25) is 0 Å². The molecule has 2 amide bonds. The van der Waals surface area contributed by atoms with Crippen molar-refractivity contribution in [3.8, 4) is 0 Å². The molecule has 0 aliphatic heterocycles. The van der Waals surface area contributed by atoms with E-state index in [1.807, 2.05) is 6.26 Å². The van der Waals surface area contributed by atoms with E-state index in [1.165, 1.54) is 6.92 Å². The molecule has 0 atom stereocenters. The summed E-state index contributed by atoms with van der Waals surface area (Å²) in [5, 5.41) is 5.56. The van der Waals surface area contributed by atoms with Crippen LogP contribution in [-0.2, 0) is 0 Å². The zero-order valence-electron chi connectivity index (χ0n) is 11.7. The number of thioether (sulfide) groups is 1. The molecule has 1 rings (SSSR count). The lowest BCUT2D eigenvalue weighted by molar-refractivity contribution is 0.101. The average molecular weight is 280 g/mol. The Labute approximate surface area is 118 Å². The molecule has 0 fully saturated rings. The fraction of sp³-hybridized carbons (Fsp3) is 0.429. The van der Waals surface area contributed by atoms with Gasteiger partial charge in [-0.25, -0.2) is 4.79 Å². The maximum atomic E-state index is 11.7. The number of ketones is 1. The number of carbonyl (C=O) groups excluding carboxylic acids is 2. The minimum Gasteiger partial charge on any atom is -0.336 e. The Morgan fingerprint density at radius 1 is 1.21 bits per heavy atom. The molecule has 0 aliphatic rings. The molecule has 5 heteroatoms. The molecule has 0 saturated carbocycles. The number of benzene rings is 1. The van der Waals surface area contributed by atoms with E-state index in [1.54, 1.807) is 36.0 Å². The normalized spacial score (nSPS) is 10.9. The molecule has 2 N–H and O–H groups in total. The molecular weight excluding hydrogens is 260 g/mol. The maximum Gasteiger partial charge on any atom is 0.319 e. The highest BCUT2D eigenvalue weighted by Gasteiger charge is 2.16. The van der Waals surface area contributed by atoms with E-state index in [0.717, 1.165) is 0 Å². The molecule has 1 aromatic rings. The molecule has 0 aliphatic carbocycles. The molecule has 4 nitrogen and oxygen atoms in total. The third-order valence-electron chi connectivity index (χ3n) is 2.78. The number of anilines is 1. The molecule has 104 valence electrons. The molecule has 0 spiro atoms. The van der Waals surface area contributed by atoms with Gasteiger partial charge in [0.25, 0.3) is 0 Å². The first kappa shape index (κ1) is 15.6. The van der Waals surface area contributed by atoms with E-state index in [-0.39, 0.29) is 16.6 Å². The van der Waals surface area contributed by atoms with E-state index in [4.69, 9.17) is 0 Å². The van der Waals surface area contributed by atoms with Gasteiger partial charge < -0.3 is 10.6 Å². The molecule has 19 heavy (non-hydrogen) atoms. The summed E-state index contributed by atoms with van der Waals surface area (Å²) in [4.78, 5) is 22.8. The number of hydrogen-bond donors (Lipinski definition) is 2. The Hall–Kier alpha value is -1.49. The maximum absolute atomic E-state index is 11.7. The minimum absolute atomic E-state index is 0.00975. The SMILES string of the molecule is CSC(C)(C)CNC(=O)Nc1ccc(C(C)=O)cc1. The van der Waals surface area contributed by atoms with E-state index in [0.29, 0.717) is 17.8 Å². The molecule has 1 aromatic carbocycles. The second-order valence-electron chi connectivity index (χ2n) is 4.91. The Morgan fingerprint density at radius 3 is 2.26 bits per heavy atom. The highest BCUT2D eigenvalue weighted by Crippen LogP contribution is 2.19. The molecule has 0 heterocycles. The summed E-state index contributed by atoms with van der Waals surface area (Å²) < 4.78 is 0.00975. The van der Waals surface area contributed by atoms with Crippen LogP contribution in [0.3, 0.4) is 0 Å². The number of carbonyl (C=O) groups is 2. The van der Waals surface area contributed by atoms with Crippen LogP contribution in [-0.4, -0.2) is 29.4 Å². The highest BCUT2D eigenvalue weighted by atomic mass is 32.2. The van der Waals surface area contributed by atoms with Gasteiger partial charge in [0, 0.05) is 22.5 Å². The smallest absolute Gasteiger partial charge is 0.319 e. The third kappa shape index (κ3) is 5.34. The van der Waals surface area contributed by atoms with Crippen molar-refractivity contribution in [3.05, 3.63) is 29.8 Å². The zero-order valence-corrected chi connectivity index (χ0v) is 12.6. The first-order valence-corrected chi connectivity index (χ1v) is 7.27. The Morgan fingerprint density at radius 2 is 1.79 bits per heavy atom. The predicted molar refractivity (Wildman–Crippen MR) is 81.1 cm³/mol. The van der Waals surface area contributed by atoms with Gasteiger partial charge in [0.15, 0.2) is 5.78 Å². The summed E-state index contributed by atoms with van der Waals surface area (Å²) in [6.07, 6.45) is 2.01. The summed E-state index contributed by atoms with van der Waals surface area (Å²) >= 11 is 1.70. The molecule has 0 radical (unpaired) electrons. The lowest BCUT2D eigenvalue weighted by Crippen LogP contribution is -2.38. The number of rotatable bonds is 5. The molecule has 0 saturated heterocycles. The molecule has 0 unspecified atom stereocenters. The van der Waals surface area contributed by atoms with E-state index >= 15 is 0 Å². The number of nitrogens with one attached hydrogen (secondary N) is 2. The topological polar surface area (TPSA) is 58.2 Å². The van der Waals surface area contributed by atoms with Crippen molar-refractivity contribution in [3.63, 3.8) is 0 Å². The van der Waals surface area contributed by atoms with Crippen LogP contribution in [0.15, 0.2) is 24.3 Å². The van der Waals surface area contributed by atoms with Gasteiger partial charge in [-0.3, -0.25) is 4.79 Å². The number of hydrogen-bond acceptors (Lipinski definition) is 3. The van der Waals surface area contributed by atoms with Gasteiger partial charge in [0.05, 0.1) is 0 Å². The highest BCUT2D eigenvalue weighted by molar-refractivity contribution is 7.99. The summed E-state index contributed by atoms with van der Waals surface area (Å²) in [6, 6.07) is 6.59. The Kier molecular flexibility index (Phi) is 5.42. The lowest BCUT2D eigenvalue weighted by atomic mass is 10.1. The fourth-order valence-corrected chi connectivity index (χ4v) is 1.55. The van der Waals surface area contributed by atoms with Gasteiger partial charge >= 0.3 is 6.03 Å². The predicted octanol–water partition coefficient (Wildman–Crippen LogP) is 3.15. The van der Waals surface area contributed by atoms with Crippen LogP contribution < -0.4 is 10.6 Å². The largest absolute Gasteiger partial charge is 0.336 e. The summed E-state index contributed by atoms with van der Waals surface area (Å²) in [6.45, 7) is 6.24. The van der Waals surface area contributed by atoms with Crippen molar-refractivity contribution < 1.29 is 9.59 Å². The van der Waals surface area contributed by atoms with Crippen molar-refractivity contribution >= 4 is 29.3 Å². The van der Waals surface area contributed by atoms with Crippen molar-refractivity contribution in [2.45, 2.75) is 25.5 Å². The second kappa shape index (κ2) is 6.61. The van der Waals surface area contributed by atoms with Gasteiger partial charge in [-0.05, 0) is 51.3 Å². The Balaban J connectivity index is 2.51. The minimum atomic E-state index is -0.238. The fourth-order valence-electron chi connectivity index (χ4n) is 1.33. The summed E-state index contributed by atoms with van der Waals surface area (Å²) in [5.74, 6) is 0.0118. The van der Waals surface area contributed by atoms with Gasteiger partial charge in [-0.2, -0.15) is 11.8 Å². The molecule has 0 aromatic heterocycles. The molecule has 0 bridgehead atoms. The summed E-state index contributed by atoms with van der Waals surface area (Å²) in [7, 11) is 0. The van der Waals surface area contributed by atoms with Crippen LogP contribution in [0.4, 0.5) is 10.5 Å². The first-order chi connectivity index (χ1) is 8.84. The van der Waals surface area contributed by atoms with Crippen molar-refractivity contribution in [1.82, 2.24) is 5.32 Å². The van der Waals surface area contributed by atoms with Crippen LogP contribution in [0.5, 0.6) is 0 Å². The van der Waals surface area contributed by atoms with Gasteiger partial charge in [-0.15, -0.1) is 0 Å². The average Bonchev–Trinajstić information content (AvgIpc) is 2.37. The van der Waals surface area contributed by atoms with E-state index in [9.17, 15) is 9.59 Å². The number of amides is 2. The summed E-state index contributed by atoms with van der Waals surface area (Å²) in [5.41, 5.74) is 1.30. The van der Waals surface area contributed by atoms with Crippen molar-refractivity contribution in [2.24, 2.45) is 0 Å². The third-order valence-corrected chi connectivity index (χ3v) is 4.03. The van der Waals surface area contributed by atoms with Crippen LogP contribution >= 0.6 is 11.8 Å². The Bertz CT molecular complexity index is 455. The van der Waals surface area contributed by atoms with E-state index < -0.39 is 0 Å². The van der Waals surface area contributed by atoms with Gasteiger partial charge in [-0.1, -0.05) is 0 Å². The van der Waals surface area contributed by atoms with E-state index in [2.05, 4.69) is 24.5 Å². The lowest BCUT2D eigenvalue weighted by Gasteiger charge is -2.22. The quantitative estimate of drug-likeness (QED) is 0.815. The van der Waals surface area contributed by atoms with Crippen LogP contribution in [0.25, 0.3) is 0 Å². The van der Waals surface area contributed by atoms with Crippen LogP contribution in [0, 0.1) is 0 Å². The number of Topliss-reactive ketones (excluding diaryl/α,β-unsaturated/α-hetero) is 1. The van der Waals surface area contributed by atoms with Crippen LogP contribution in [0.1, 0.15) is 31.1 Å². The van der Waals surface area contributed by atoms with Gasteiger partial charge in [0.2, 0.25) is 0 Å². The monoisotopic (exact) mass is 280 g/mol. The molecular formula is C14H20N2O2S. The van der Waals surface area contributed by atoms with Gasteiger partial charge in [0.1, 0.15) is 0 Å². The van der Waals surface area contributed by atoms with Crippen molar-refractivity contribution in [2.75, 3.05) is 18.1 Å². The second-order valence-corrected chi connectivity index (χ2v) is 6.42. The van der Waals surface area contributed by atoms with Crippen molar-refractivity contribution in [1.29, 1.82) is 0 Å². The standard InChI is InChI=1S/C14H20N2O2S/c1-10(17)11-5-7-12(8-6-11)16-13(18)15-9-14(2,3)19-4/h5-8H,9H2,1-4H3,(H2,15,16,18). The first-order valence-electron chi connectivity index (χ1n) is 6.05.